The number of piperidine rings is 2. The average molecular weight is 820 g/mol. The lowest BCUT2D eigenvalue weighted by molar-refractivity contribution is -0.136. The van der Waals surface area contributed by atoms with E-state index in [4.69, 9.17) is 9.26 Å². The summed E-state index contributed by atoms with van der Waals surface area (Å²) in [5.41, 5.74) is 5.92. The van der Waals surface area contributed by atoms with Gasteiger partial charge in [0.05, 0.1) is 18.0 Å². The summed E-state index contributed by atoms with van der Waals surface area (Å²) in [6, 6.07) is 16.5. The fourth-order valence-corrected chi connectivity index (χ4v) is 10.4. The molecule has 0 aliphatic carbocycles. The summed E-state index contributed by atoms with van der Waals surface area (Å²) in [7, 11) is -4.00. The first-order valence-corrected chi connectivity index (χ1v) is 21.8. The van der Waals surface area contributed by atoms with Crippen molar-refractivity contribution in [3.05, 3.63) is 89.2 Å². The van der Waals surface area contributed by atoms with Crippen molar-refractivity contribution in [2.24, 2.45) is 5.92 Å². The monoisotopic (exact) mass is 819 g/mol. The second-order valence-electron chi connectivity index (χ2n) is 16.2. The zero-order chi connectivity index (χ0) is 40.3. The zero-order valence-corrected chi connectivity index (χ0v) is 33.2. The van der Waals surface area contributed by atoms with Crippen LogP contribution in [-0.2, 0) is 39.1 Å². The summed E-state index contributed by atoms with van der Waals surface area (Å²) in [6.07, 6.45) is 7.84. The van der Waals surface area contributed by atoms with Crippen molar-refractivity contribution in [3.63, 3.8) is 0 Å². The maximum atomic E-state index is 13.8. The largest absolute Gasteiger partial charge is 0.492 e. The van der Waals surface area contributed by atoms with Gasteiger partial charge in [-0.15, -0.1) is 0 Å². The molecule has 3 aromatic carbocycles. The van der Waals surface area contributed by atoms with E-state index >= 15 is 0 Å². The van der Waals surface area contributed by atoms with Crippen molar-refractivity contribution in [1.29, 1.82) is 0 Å². The van der Waals surface area contributed by atoms with Gasteiger partial charge >= 0.3 is 0 Å². The van der Waals surface area contributed by atoms with E-state index in [0.29, 0.717) is 66.8 Å². The third-order valence-corrected chi connectivity index (χ3v) is 13.8. The molecule has 59 heavy (non-hydrogen) atoms. The van der Waals surface area contributed by atoms with Gasteiger partial charge in [-0.1, -0.05) is 11.2 Å². The van der Waals surface area contributed by atoms with Crippen LogP contribution in [0.4, 0.5) is 17.2 Å². The molecule has 0 saturated carbocycles. The molecular formula is C42H45N9O7S. The number of carbonyl (C=O) groups is 3. The van der Waals surface area contributed by atoms with Crippen molar-refractivity contribution < 1.29 is 32.1 Å². The van der Waals surface area contributed by atoms with Gasteiger partial charge in [0.2, 0.25) is 11.8 Å². The summed E-state index contributed by atoms with van der Waals surface area (Å²) >= 11 is 0. The first-order chi connectivity index (χ1) is 28.7. The molecule has 306 valence electrons. The number of sulfonamides is 1. The highest BCUT2D eigenvalue weighted by Crippen LogP contribution is 2.42. The molecule has 0 spiro atoms. The fraction of sp³-hybridized carbons (Fsp3) is 0.405. The van der Waals surface area contributed by atoms with Gasteiger partial charge in [0.25, 0.3) is 15.9 Å². The first-order valence-electron chi connectivity index (χ1n) is 20.3. The quantitative estimate of drug-likeness (QED) is 0.165. The number of hydrogen-bond donors (Lipinski definition) is 3. The molecule has 3 saturated heterocycles. The number of rotatable bonds is 11. The number of carbonyl (C=O) groups excluding carboxylic acids is 3. The Morgan fingerprint density at radius 1 is 0.915 bits per heavy atom. The topological polar surface area (TPSA) is 184 Å². The number of benzene rings is 3. The molecule has 5 aliphatic heterocycles. The average Bonchev–Trinajstić information content (AvgIpc) is 4.10. The Labute approximate surface area is 340 Å². The molecule has 2 atom stereocenters. The van der Waals surface area contributed by atoms with Crippen LogP contribution in [0.2, 0.25) is 0 Å². The maximum Gasteiger partial charge on any atom is 0.263 e. The molecule has 0 radical (unpaired) electrons. The van der Waals surface area contributed by atoms with Gasteiger partial charge in [0, 0.05) is 86.5 Å². The molecule has 3 amide bonds. The number of aromatic nitrogens is 3. The van der Waals surface area contributed by atoms with Crippen LogP contribution in [0, 0.1) is 5.92 Å². The number of imide groups is 1. The fourth-order valence-electron chi connectivity index (χ4n) is 9.33. The Hall–Kier alpha value is -5.94. The van der Waals surface area contributed by atoms with E-state index in [1.807, 2.05) is 41.2 Å². The van der Waals surface area contributed by atoms with E-state index < -0.39 is 22.0 Å². The van der Waals surface area contributed by atoms with Crippen LogP contribution in [0.25, 0.3) is 11.0 Å². The van der Waals surface area contributed by atoms with Gasteiger partial charge in [-0.05, 0) is 97.8 Å². The molecule has 3 N–H and O–H groups in total. The normalized spacial score (nSPS) is 20.9. The lowest BCUT2D eigenvalue weighted by Crippen LogP contribution is -2.52. The lowest BCUT2D eigenvalue weighted by atomic mass is 10.0. The molecule has 0 unspecified atom stereocenters. The van der Waals surface area contributed by atoms with Crippen LogP contribution < -0.4 is 29.9 Å². The van der Waals surface area contributed by atoms with Gasteiger partial charge in [-0.3, -0.25) is 29.1 Å². The third kappa shape index (κ3) is 7.15. The van der Waals surface area contributed by atoms with Crippen LogP contribution in [0.15, 0.2) is 76.4 Å². The predicted molar refractivity (Wildman–Crippen MR) is 218 cm³/mol. The summed E-state index contributed by atoms with van der Waals surface area (Å²) in [6.45, 7) is 5.75. The number of hydrogen-bond acceptors (Lipinski definition) is 12. The number of nitrogens with one attached hydrogen (secondary N) is 3. The SMILES string of the molecule is O=C1CC[C@H](N2Cc3cc(N4CC[C@@H](CNC5CCN(c6cccc(S(=O)(=O)Nc7noc8cc(Cn9cccn9)c9c(c78)OCC9)c6)CC5)C4)ccc3C2=O)C(=O)N1. The highest BCUT2D eigenvalue weighted by Gasteiger charge is 2.39. The molecule has 5 aliphatic rings. The summed E-state index contributed by atoms with van der Waals surface area (Å²) in [5.74, 6) is 0.340. The van der Waals surface area contributed by atoms with Crippen molar-refractivity contribution in [1.82, 2.24) is 30.5 Å². The lowest BCUT2D eigenvalue weighted by Gasteiger charge is -2.34. The molecule has 7 heterocycles. The molecular weight excluding hydrogens is 775 g/mol. The number of ether oxygens (including phenoxy) is 1. The van der Waals surface area contributed by atoms with E-state index in [-0.39, 0.29) is 28.9 Å². The smallest absolute Gasteiger partial charge is 0.263 e. The van der Waals surface area contributed by atoms with Crippen LogP contribution in [0.1, 0.15) is 59.2 Å². The summed E-state index contributed by atoms with van der Waals surface area (Å²) in [5, 5.41) is 15.1. The molecule has 0 bridgehead atoms. The summed E-state index contributed by atoms with van der Waals surface area (Å²) < 4.78 is 43.7. The molecule has 17 heteroatoms. The van der Waals surface area contributed by atoms with E-state index in [1.54, 1.807) is 29.3 Å². The van der Waals surface area contributed by atoms with Crippen LogP contribution in [0.5, 0.6) is 5.75 Å². The minimum Gasteiger partial charge on any atom is -0.492 e. The molecule has 5 aromatic rings. The van der Waals surface area contributed by atoms with Crippen molar-refractivity contribution in [2.45, 2.75) is 68.6 Å². The van der Waals surface area contributed by atoms with E-state index in [2.05, 4.69) is 41.5 Å². The van der Waals surface area contributed by atoms with Crippen molar-refractivity contribution in [2.75, 3.05) is 53.9 Å². The second-order valence-corrected chi connectivity index (χ2v) is 17.8. The highest BCUT2D eigenvalue weighted by molar-refractivity contribution is 7.92. The Kier molecular flexibility index (Phi) is 9.51. The van der Waals surface area contributed by atoms with Crippen molar-refractivity contribution >= 4 is 55.9 Å². The number of fused-ring (bicyclic) bond motifs is 4. The highest BCUT2D eigenvalue weighted by atomic mass is 32.2. The minimum absolute atomic E-state index is 0.105. The van der Waals surface area contributed by atoms with E-state index in [1.165, 1.54) is 0 Å². The van der Waals surface area contributed by atoms with Crippen molar-refractivity contribution in [3.8, 4) is 5.75 Å². The summed E-state index contributed by atoms with van der Waals surface area (Å²) in [4.78, 5) is 43.6. The molecule has 10 rings (SSSR count). The van der Waals surface area contributed by atoms with Gasteiger partial charge in [-0.25, -0.2) is 8.42 Å². The minimum atomic E-state index is -4.00. The molecule has 2 aromatic heterocycles. The van der Waals surface area contributed by atoms with Gasteiger partial charge < -0.3 is 29.3 Å². The van der Waals surface area contributed by atoms with E-state index in [0.717, 1.165) is 80.1 Å². The van der Waals surface area contributed by atoms with Crippen LogP contribution >= 0.6 is 0 Å². The Morgan fingerprint density at radius 2 is 1.76 bits per heavy atom. The zero-order valence-electron chi connectivity index (χ0n) is 32.4. The third-order valence-electron chi connectivity index (χ3n) is 12.5. The standard InChI is InChI=1S/C42H45N9O7S/c52-37-8-7-35(41(53)45-37)51-25-27-19-31(5-6-34(27)42(51)54)49-15-9-26(23-49)22-43-29-10-16-48(17-11-29)30-3-1-4-32(21-30)59(55,56)47-40-38-36(58-46-40)20-28(24-50-14-2-13-44-50)33-12-18-57-39(33)38/h1-6,13-14,19-21,26,29,35,43H,7-12,15-18,22-25H2,(H,46,47)(H,45,52,53)/t26-,35-/m0/s1. The van der Waals surface area contributed by atoms with Gasteiger partial charge in [-0.2, -0.15) is 5.10 Å². The Bertz CT molecular complexity index is 2570. The molecule has 16 nitrogen and oxygen atoms in total. The second kappa shape index (κ2) is 15.0. The molecule has 3 fully saturated rings. The first kappa shape index (κ1) is 37.3. The van der Waals surface area contributed by atoms with E-state index in [9.17, 15) is 22.8 Å². The van der Waals surface area contributed by atoms with Crippen LogP contribution in [-0.4, -0.2) is 97.4 Å². The van der Waals surface area contributed by atoms with Gasteiger partial charge in [0.15, 0.2) is 11.4 Å². The number of anilines is 3. The number of nitrogens with zero attached hydrogens (tertiary/aromatic N) is 6. The van der Waals surface area contributed by atoms with Gasteiger partial charge in [0.1, 0.15) is 17.2 Å². The Balaban J connectivity index is 0.727. The van der Waals surface area contributed by atoms with Crippen LogP contribution in [0.3, 0.4) is 0 Å². The maximum absolute atomic E-state index is 13.8. The predicted octanol–water partition coefficient (Wildman–Crippen LogP) is 3.65. The number of amides is 3. The Morgan fingerprint density at radius 3 is 2.59 bits per heavy atom.